The first kappa shape index (κ1) is 22.9. The van der Waals surface area contributed by atoms with Gasteiger partial charge in [-0.25, -0.2) is 9.50 Å². The number of fused-ring (bicyclic) bond motifs is 1. The van der Waals surface area contributed by atoms with Crippen LogP contribution in [0.1, 0.15) is 83.4 Å². The van der Waals surface area contributed by atoms with Gasteiger partial charge in [-0.15, -0.1) is 0 Å². The van der Waals surface area contributed by atoms with Crippen LogP contribution in [-0.4, -0.2) is 26.0 Å². The van der Waals surface area contributed by atoms with E-state index in [0.717, 1.165) is 29.2 Å². The third kappa shape index (κ3) is 5.30. The third-order valence-corrected chi connectivity index (χ3v) is 5.15. The zero-order chi connectivity index (χ0) is 23.2. The van der Waals surface area contributed by atoms with E-state index in [1.807, 2.05) is 35.7 Å². The summed E-state index contributed by atoms with van der Waals surface area (Å²) in [5.41, 5.74) is 3.85. The Morgan fingerprint density at radius 2 is 1.65 bits per heavy atom. The number of hydrogen-bond acceptors (Lipinski definition) is 3. The number of amides is 1. The Balaban J connectivity index is 2.00. The molecule has 0 aliphatic carbocycles. The maximum Gasteiger partial charge on any atom is 0.261 e. The summed E-state index contributed by atoms with van der Waals surface area (Å²) in [5.74, 6) is 0.729. The van der Waals surface area contributed by atoms with Crippen molar-refractivity contribution in [3.63, 3.8) is 0 Å². The van der Waals surface area contributed by atoms with E-state index < -0.39 is 0 Å². The summed E-state index contributed by atoms with van der Waals surface area (Å²) < 4.78 is 1.90. The molecule has 0 unspecified atom stereocenters. The fourth-order valence-corrected chi connectivity index (χ4v) is 4.25. The highest BCUT2D eigenvalue weighted by Gasteiger charge is 2.32. The van der Waals surface area contributed by atoms with E-state index in [0.29, 0.717) is 11.2 Å². The second kappa shape index (κ2) is 7.74. The van der Waals surface area contributed by atoms with E-state index in [-0.39, 0.29) is 22.3 Å². The van der Waals surface area contributed by atoms with E-state index in [9.17, 15) is 4.79 Å². The number of nitrogens with zero attached hydrogens (tertiary/aromatic N) is 2. The first-order valence-corrected chi connectivity index (χ1v) is 10.9. The zero-order valence-electron chi connectivity index (χ0n) is 20.4. The number of carbonyl (C=O) groups excluding carboxylic acids is 1. The van der Waals surface area contributed by atoms with E-state index in [1.165, 1.54) is 0 Å². The van der Waals surface area contributed by atoms with Crippen molar-refractivity contribution in [1.82, 2.24) is 14.6 Å². The van der Waals surface area contributed by atoms with Gasteiger partial charge >= 0.3 is 0 Å². The maximum atomic E-state index is 13.0. The number of aromatic amines is 1. The standard InChI is InChI=1S/C25H37N5O/c1-16-10-12-17(13-11-16)27-22(31)18-14-26-30-20(18)28-19(24(5,6)7)21(30)29-25(8,9)15-23(2,3)4/h10-14,26,29H,15H2,1-9H3,(H,27,31). The monoisotopic (exact) mass is 423 g/mol. The molecule has 6 heteroatoms. The molecule has 168 valence electrons. The summed E-state index contributed by atoms with van der Waals surface area (Å²) in [7, 11) is 0. The van der Waals surface area contributed by atoms with Crippen LogP contribution in [0.2, 0.25) is 0 Å². The van der Waals surface area contributed by atoms with E-state index in [2.05, 4.69) is 71.1 Å². The van der Waals surface area contributed by atoms with Gasteiger partial charge in [-0.05, 0) is 44.7 Å². The molecule has 3 aromatic rings. The molecule has 0 fully saturated rings. The van der Waals surface area contributed by atoms with Crippen molar-refractivity contribution in [2.24, 2.45) is 5.41 Å². The minimum absolute atomic E-state index is 0.149. The summed E-state index contributed by atoms with van der Waals surface area (Å²) in [6.45, 7) is 19.6. The lowest BCUT2D eigenvalue weighted by atomic mass is 9.81. The van der Waals surface area contributed by atoms with Crippen molar-refractivity contribution in [2.45, 2.75) is 79.7 Å². The van der Waals surface area contributed by atoms with Crippen LogP contribution >= 0.6 is 0 Å². The van der Waals surface area contributed by atoms with E-state index in [4.69, 9.17) is 4.98 Å². The minimum Gasteiger partial charge on any atom is -0.364 e. The van der Waals surface area contributed by atoms with Crippen molar-refractivity contribution in [3.8, 4) is 0 Å². The molecule has 2 heterocycles. The molecule has 0 saturated heterocycles. The molecule has 3 rings (SSSR count). The zero-order valence-corrected chi connectivity index (χ0v) is 20.4. The Morgan fingerprint density at radius 3 is 2.19 bits per heavy atom. The predicted octanol–water partition coefficient (Wildman–Crippen LogP) is 6.15. The van der Waals surface area contributed by atoms with Crippen LogP contribution in [0.3, 0.4) is 0 Å². The minimum atomic E-state index is -0.183. The lowest BCUT2D eigenvalue weighted by Gasteiger charge is -2.34. The number of nitrogens with one attached hydrogen (secondary N) is 3. The second-order valence-corrected chi connectivity index (χ2v) is 11.5. The first-order chi connectivity index (χ1) is 14.2. The van der Waals surface area contributed by atoms with Gasteiger partial charge < -0.3 is 10.6 Å². The molecular formula is C25H37N5O. The van der Waals surface area contributed by atoms with Crippen LogP contribution in [0, 0.1) is 12.3 Å². The summed E-state index contributed by atoms with van der Waals surface area (Å²) in [4.78, 5) is 17.9. The van der Waals surface area contributed by atoms with Crippen LogP contribution in [0.4, 0.5) is 11.5 Å². The van der Waals surface area contributed by atoms with E-state index >= 15 is 0 Å². The molecule has 1 aromatic carbocycles. The number of carbonyl (C=O) groups is 1. The van der Waals surface area contributed by atoms with Crippen LogP contribution in [-0.2, 0) is 5.41 Å². The fourth-order valence-electron chi connectivity index (χ4n) is 4.25. The topological polar surface area (TPSA) is 74.2 Å². The molecule has 0 spiro atoms. The predicted molar refractivity (Wildman–Crippen MR) is 129 cm³/mol. The second-order valence-electron chi connectivity index (χ2n) is 11.5. The maximum absolute atomic E-state index is 13.0. The summed E-state index contributed by atoms with van der Waals surface area (Å²) in [6, 6.07) is 7.78. The molecule has 2 aromatic heterocycles. The number of H-pyrrole nitrogens is 1. The third-order valence-electron chi connectivity index (χ3n) is 5.15. The molecule has 31 heavy (non-hydrogen) atoms. The highest BCUT2D eigenvalue weighted by atomic mass is 16.1. The quantitative estimate of drug-likeness (QED) is 0.461. The number of aryl methyl sites for hydroxylation is 1. The average molecular weight is 424 g/mol. The average Bonchev–Trinajstić information content (AvgIpc) is 3.14. The fraction of sp³-hybridized carbons (Fsp3) is 0.520. The molecule has 3 N–H and O–H groups in total. The smallest absolute Gasteiger partial charge is 0.261 e. The van der Waals surface area contributed by atoms with Gasteiger partial charge in [-0.3, -0.25) is 9.89 Å². The summed E-state index contributed by atoms with van der Waals surface area (Å²) >= 11 is 0. The Labute approximate surface area is 185 Å². The molecule has 0 aliphatic rings. The van der Waals surface area contributed by atoms with Gasteiger partial charge in [-0.2, -0.15) is 0 Å². The first-order valence-electron chi connectivity index (χ1n) is 10.9. The van der Waals surface area contributed by atoms with E-state index in [1.54, 1.807) is 6.20 Å². The van der Waals surface area contributed by atoms with Gasteiger partial charge in [-0.1, -0.05) is 59.2 Å². The molecule has 0 radical (unpaired) electrons. The number of benzene rings is 1. The van der Waals surface area contributed by atoms with Gasteiger partial charge in [0.05, 0.1) is 5.69 Å². The summed E-state index contributed by atoms with van der Waals surface area (Å²) in [5, 5.41) is 9.94. The molecule has 1 amide bonds. The van der Waals surface area contributed by atoms with Crippen molar-refractivity contribution >= 4 is 23.1 Å². The number of rotatable bonds is 5. The highest BCUT2D eigenvalue weighted by molar-refractivity contribution is 6.08. The molecule has 0 bridgehead atoms. The van der Waals surface area contributed by atoms with Crippen molar-refractivity contribution in [3.05, 3.63) is 47.3 Å². The van der Waals surface area contributed by atoms with Crippen molar-refractivity contribution in [2.75, 3.05) is 10.6 Å². The van der Waals surface area contributed by atoms with Crippen LogP contribution in [0.5, 0.6) is 0 Å². The largest absolute Gasteiger partial charge is 0.364 e. The van der Waals surface area contributed by atoms with Gasteiger partial charge in [0, 0.05) is 22.8 Å². The van der Waals surface area contributed by atoms with Crippen molar-refractivity contribution < 1.29 is 4.79 Å². The molecule has 6 nitrogen and oxygen atoms in total. The van der Waals surface area contributed by atoms with Gasteiger partial charge in [0.2, 0.25) is 0 Å². The number of anilines is 2. The number of aromatic nitrogens is 3. The number of imidazole rings is 1. The molecule has 0 saturated carbocycles. The van der Waals surface area contributed by atoms with Gasteiger partial charge in [0.25, 0.3) is 5.91 Å². The summed E-state index contributed by atoms with van der Waals surface area (Å²) in [6.07, 6.45) is 2.71. The van der Waals surface area contributed by atoms with Gasteiger partial charge in [0.15, 0.2) is 11.5 Å². The van der Waals surface area contributed by atoms with Crippen molar-refractivity contribution in [1.29, 1.82) is 0 Å². The molecular weight excluding hydrogens is 386 g/mol. The van der Waals surface area contributed by atoms with Gasteiger partial charge in [0.1, 0.15) is 5.56 Å². The Bertz CT molecular complexity index is 1070. The van der Waals surface area contributed by atoms with Crippen LogP contribution in [0.25, 0.3) is 5.65 Å². The SMILES string of the molecule is Cc1ccc(NC(=O)c2c[nH]n3c(NC(C)(C)CC(C)(C)C)c(C(C)(C)C)nc23)cc1. The lowest BCUT2D eigenvalue weighted by molar-refractivity contribution is 0.102. The Kier molecular flexibility index (Phi) is 5.72. The van der Waals surface area contributed by atoms with Crippen LogP contribution < -0.4 is 10.6 Å². The Hall–Kier alpha value is -2.76. The number of hydrogen-bond donors (Lipinski definition) is 3. The molecule has 0 aliphatic heterocycles. The lowest BCUT2D eigenvalue weighted by Crippen LogP contribution is -2.36. The van der Waals surface area contributed by atoms with Crippen LogP contribution in [0.15, 0.2) is 30.5 Å². The molecule has 0 atom stereocenters. The normalized spacial score (nSPS) is 12.9. The highest BCUT2D eigenvalue weighted by Crippen LogP contribution is 2.35. The Morgan fingerprint density at radius 1 is 1.03 bits per heavy atom.